The van der Waals surface area contributed by atoms with Crippen molar-refractivity contribution in [2.24, 2.45) is 0 Å². The molecule has 0 spiro atoms. The van der Waals surface area contributed by atoms with Gasteiger partial charge in [0, 0.05) is 12.6 Å². The Morgan fingerprint density at radius 2 is 2.28 bits per heavy atom. The standard InChI is InChI=1S/C19H20N2O4/c1-21-8-6-12-9-16-18(25-11-24-16)19(23-2)17(12)14(21)10-15(22)13-5-3-4-7-20-13/h3-5,7,9,14H,6,8,10-11H2,1-2H3/p+1/t14-/m0/s1. The fraction of sp³-hybridized carbons (Fsp3) is 0.368. The minimum absolute atomic E-state index is 0.00251. The molecule has 0 aliphatic carbocycles. The highest BCUT2D eigenvalue weighted by molar-refractivity contribution is 5.94. The average molecular weight is 341 g/mol. The van der Waals surface area contributed by atoms with Gasteiger partial charge in [-0.2, -0.15) is 0 Å². The summed E-state index contributed by atoms with van der Waals surface area (Å²) in [5, 5.41) is 0. The van der Waals surface area contributed by atoms with Gasteiger partial charge in [-0.3, -0.25) is 9.78 Å². The number of nitrogens with one attached hydrogen (secondary N) is 1. The van der Waals surface area contributed by atoms with E-state index in [1.165, 1.54) is 10.5 Å². The van der Waals surface area contributed by atoms with Crippen molar-refractivity contribution in [2.75, 3.05) is 27.5 Å². The number of quaternary nitrogens is 1. The zero-order valence-electron chi connectivity index (χ0n) is 14.4. The molecular weight excluding hydrogens is 320 g/mol. The molecule has 0 saturated carbocycles. The number of rotatable bonds is 4. The van der Waals surface area contributed by atoms with Crippen molar-refractivity contribution >= 4 is 5.78 Å². The Morgan fingerprint density at radius 1 is 1.40 bits per heavy atom. The maximum absolute atomic E-state index is 12.7. The molecule has 1 aromatic carbocycles. The number of pyridine rings is 1. The van der Waals surface area contributed by atoms with Gasteiger partial charge >= 0.3 is 0 Å². The normalized spacial score (nSPS) is 20.9. The molecule has 6 heteroatoms. The van der Waals surface area contributed by atoms with Crippen LogP contribution in [0.15, 0.2) is 30.5 Å². The topological polar surface area (TPSA) is 62.1 Å². The monoisotopic (exact) mass is 341 g/mol. The molecule has 2 atom stereocenters. The van der Waals surface area contributed by atoms with Crippen LogP contribution in [0, 0.1) is 0 Å². The summed E-state index contributed by atoms with van der Waals surface area (Å²) >= 11 is 0. The second kappa shape index (κ2) is 6.37. The van der Waals surface area contributed by atoms with E-state index in [0.29, 0.717) is 23.6 Å². The molecule has 4 rings (SSSR count). The lowest BCUT2D eigenvalue weighted by Gasteiger charge is -2.32. The third kappa shape index (κ3) is 2.72. The number of Topliss-reactive ketones (excluding diaryl/α,β-unsaturated/α-hetero) is 1. The summed E-state index contributed by atoms with van der Waals surface area (Å²) in [6.07, 6.45) is 2.95. The highest BCUT2D eigenvalue weighted by Gasteiger charge is 2.37. The fourth-order valence-corrected chi connectivity index (χ4v) is 3.72. The molecule has 0 radical (unpaired) electrons. The molecule has 130 valence electrons. The smallest absolute Gasteiger partial charge is 0.231 e. The predicted octanol–water partition coefficient (Wildman–Crippen LogP) is 1.20. The second-order valence-electron chi connectivity index (χ2n) is 6.46. The Morgan fingerprint density at radius 3 is 3.04 bits per heavy atom. The van der Waals surface area contributed by atoms with Crippen LogP contribution in [0.2, 0.25) is 0 Å². The van der Waals surface area contributed by atoms with Crippen LogP contribution in [0.25, 0.3) is 0 Å². The predicted molar refractivity (Wildman–Crippen MR) is 90.5 cm³/mol. The molecule has 2 aromatic rings. The highest BCUT2D eigenvalue weighted by atomic mass is 16.7. The van der Waals surface area contributed by atoms with E-state index in [2.05, 4.69) is 12.0 Å². The lowest BCUT2D eigenvalue weighted by molar-refractivity contribution is -0.913. The summed E-state index contributed by atoms with van der Waals surface area (Å²) in [4.78, 5) is 18.2. The molecule has 3 heterocycles. The molecule has 1 N–H and O–H groups in total. The lowest BCUT2D eigenvalue weighted by Crippen LogP contribution is -3.10. The van der Waals surface area contributed by atoms with Crippen LogP contribution in [0.4, 0.5) is 0 Å². The lowest BCUT2D eigenvalue weighted by atomic mass is 9.88. The van der Waals surface area contributed by atoms with E-state index in [4.69, 9.17) is 14.2 Å². The number of ketones is 1. The van der Waals surface area contributed by atoms with Gasteiger partial charge in [-0.05, 0) is 23.8 Å². The molecule has 1 aromatic heterocycles. The molecule has 6 nitrogen and oxygen atoms in total. The number of aromatic nitrogens is 1. The summed E-state index contributed by atoms with van der Waals surface area (Å²) in [6, 6.07) is 7.45. The summed E-state index contributed by atoms with van der Waals surface area (Å²) in [7, 11) is 3.75. The Bertz CT molecular complexity index is 807. The molecule has 25 heavy (non-hydrogen) atoms. The molecule has 0 bridgehead atoms. The van der Waals surface area contributed by atoms with E-state index in [-0.39, 0.29) is 18.6 Å². The van der Waals surface area contributed by atoms with Crippen molar-refractivity contribution in [2.45, 2.75) is 18.9 Å². The van der Waals surface area contributed by atoms with Gasteiger partial charge in [0.15, 0.2) is 17.3 Å². The number of fused-ring (bicyclic) bond motifs is 2. The number of carbonyl (C=O) groups excluding carboxylic acids is 1. The summed E-state index contributed by atoms with van der Waals surface area (Å²) in [5.74, 6) is 2.11. The van der Waals surface area contributed by atoms with Crippen molar-refractivity contribution in [3.05, 3.63) is 47.3 Å². The van der Waals surface area contributed by atoms with Crippen LogP contribution in [-0.4, -0.2) is 38.3 Å². The van der Waals surface area contributed by atoms with E-state index < -0.39 is 0 Å². The van der Waals surface area contributed by atoms with Gasteiger partial charge in [0.05, 0.1) is 32.7 Å². The maximum atomic E-state index is 12.7. The van der Waals surface area contributed by atoms with Crippen LogP contribution in [0.1, 0.15) is 34.1 Å². The van der Waals surface area contributed by atoms with Crippen LogP contribution >= 0.6 is 0 Å². The largest absolute Gasteiger partial charge is 0.492 e. The number of ether oxygens (including phenoxy) is 3. The zero-order chi connectivity index (χ0) is 17.4. The first-order chi connectivity index (χ1) is 12.2. The van der Waals surface area contributed by atoms with Crippen LogP contribution in [0.5, 0.6) is 17.2 Å². The van der Waals surface area contributed by atoms with Crippen molar-refractivity contribution in [3.8, 4) is 17.2 Å². The van der Waals surface area contributed by atoms with Gasteiger partial charge in [-0.15, -0.1) is 0 Å². The van der Waals surface area contributed by atoms with E-state index in [0.717, 1.165) is 24.3 Å². The Labute approximate surface area is 146 Å². The van der Waals surface area contributed by atoms with E-state index in [9.17, 15) is 4.79 Å². The Kier molecular flexibility index (Phi) is 4.05. The summed E-state index contributed by atoms with van der Waals surface area (Å²) in [6.45, 7) is 1.16. The number of carbonyl (C=O) groups is 1. The van der Waals surface area contributed by atoms with Gasteiger partial charge in [-0.1, -0.05) is 6.07 Å². The van der Waals surface area contributed by atoms with Crippen LogP contribution in [0.3, 0.4) is 0 Å². The van der Waals surface area contributed by atoms with Crippen molar-refractivity contribution < 1.29 is 23.9 Å². The third-order valence-corrected chi connectivity index (χ3v) is 5.02. The van der Waals surface area contributed by atoms with Gasteiger partial charge in [0.2, 0.25) is 12.5 Å². The summed E-state index contributed by atoms with van der Waals surface area (Å²) < 4.78 is 16.8. The number of hydrogen-bond donors (Lipinski definition) is 1. The van der Waals surface area contributed by atoms with Crippen LogP contribution in [-0.2, 0) is 6.42 Å². The van der Waals surface area contributed by atoms with E-state index in [1.807, 2.05) is 18.2 Å². The van der Waals surface area contributed by atoms with Gasteiger partial charge < -0.3 is 19.1 Å². The first kappa shape index (κ1) is 15.9. The third-order valence-electron chi connectivity index (χ3n) is 5.02. The number of methoxy groups -OCH3 is 1. The van der Waals surface area contributed by atoms with Gasteiger partial charge in [0.25, 0.3) is 0 Å². The fourth-order valence-electron chi connectivity index (χ4n) is 3.72. The molecule has 2 aliphatic rings. The number of nitrogens with zero attached hydrogens (tertiary/aromatic N) is 1. The SMILES string of the molecule is COc1c2c(cc3c1[C@H](CC(=O)c1ccccn1)[NH+](C)CC3)OCO2. The minimum Gasteiger partial charge on any atom is -0.492 e. The first-order valence-electron chi connectivity index (χ1n) is 8.45. The number of benzene rings is 1. The van der Waals surface area contributed by atoms with Crippen molar-refractivity contribution in [3.63, 3.8) is 0 Å². The molecule has 2 aliphatic heterocycles. The molecular formula is C19H21N2O4+. The maximum Gasteiger partial charge on any atom is 0.231 e. The highest BCUT2D eigenvalue weighted by Crippen LogP contribution is 2.47. The number of hydrogen-bond acceptors (Lipinski definition) is 5. The first-order valence-corrected chi connectivity index (χ1v) is 8.45. The zero-order valence-corrected chi connectivity index (χ0v) is 14.4. The molecule has 0 saturated heterocycles. The van der Waals surface area contributed by atoms with Crippen molar-refractivity contribution in [1.82, 2.24) is 4.98 Å². The average Bonchev–Trinajstić information content (AvgIpc) is 3.11. The molecule has 0 fully saturated rings. The Hall–Kier alpha value is -2.60. The molecule has 0 amide bonds. The van der Waals surface area contributed by atoms with E-state index in [1.54, 1.807) is 19.4 Å². The van der Waals surface area contributed by atoms with Crippen LogP contribution < -0.4 is 19.1 Å². The van der Waals surface area contributed by atoms with Crippen molar-refractivity contribution in [1.29, 1.82) is 0 Å². The molecule has 1 unspecified atom stereocenters. The number of likely N-dealkylation sites (N-methyl/N-ethyl adjacent to an activating group) is 1. The second-order valence-corrected chi connectivity index (χ2v) is 6.46. The Balaban J connectivity index is 1.74. The quantitative estimate of drug-likeness (QED) is 0.847. The van der Waals surface area contributed by atoms with Gasteiger partial charge in [0.1, 0.15) is 11.7 Å². The van der Waals surface area contributed by atoms with Gasteiger partial charge in [-0.25, -0.2) is 0 Å². The minimum atomic E-state index is 0.00251. The summed E-state index contributed by atoms with van der Waals surface area (Å²) in [5.41, 5.74) is 2.73. The van der Waals surface area contributed by atoms with E-state index >= 15 is 0 Å².